The van der Waals surface area contributed by atoms with E-state index in [0.717, 1.165) is 71.1 Å². The highest BCUT2D eigenvalue weighted by molar-refractivity contribution is 7.26. The van der Waals surface area contributed by atoms with Crippen LogP contribution in [0.3, 0.4) is 0 Å². The minimum atomic E-state index is 0.648. The molecule has 0 unspecified atom stereocenters. The van der Waals surface area contributed by atoms with Gasteiger partial charge in [0.1, 0.15) is 11.2 Å². The quantitative estimate of drug-likeness (QED) is 0.181. The Labute approximate surface area is 329 Å². The molecule has 0 spiro atoms. The molecule has 0 aliphatic rings. The third-order valence-electron chi connectivity index (χ3n) is 11.8. The van der Waals surface area contributed by atoms with Crippen LogP contribution in [0.15, 0.2) is 180 Å². The number of aromatic nitrogens is 3. The van der Waals surface area contributed by atoms with Crippen molar-refractivity contribution in [3.63, 3.8) is 0 Å². The second-order valence-electron chi connectivity index (χ2n) is 14.9. The molecule has 0 amide bonds. The van der Waals surface area contributed by atoms with E-state index in [1.54, 1.807) is 11.3 Å². The van der Waals surface area contributed by atoms with Crippen molar-refractivity contribution in [3.8, 4) is 28.3 Å². The predicted octanol–water partition coefficient (Wildman–Crippen LogP) is 14.6. The molecule has 13 rings (SSSR count). The Kier molecular flexibility index (Phi) is 6.29. The third kappa shape index (κ3) is 4.37. The maximum Gasteiger partial charge on any atom is 0.164 e. The maximum absolute atomic E-state index is 6.93. The van der Waals surface area contributed by atoms with Crippen LogP contribution in [0.2, 0.25) is 0 Å². The normalized spacial score (nSPS) is 12.2. The second-order valence-corrected chi connectivity index (χ2v) is 15.9. The number of hydrogen-bond donors (Lipinski definition) is 0. The predicted molar refractivity (Wildman–Crippen MR) is 240 cm³/mol. The van der Waals surface area contributed by atoms with Gasteiger partial charge in [-0.3, -0.25) is 0 Å². The van der Waals surface area contributed by atoms with Crippen LogP contribution in [0.1, 0.15) is 0 Å². The van der Waals surface area contributed by atoms with Gasteiger partial charge < -0.3 is 8.98 Å². The van der Waals surface area contributed by atoms with Crippen LogP contribution in [-0.2, 0) is 0 Å². The van der Waals surface area contributed by atoms with Gasteiger partial charge in [0.05, 0.1) is 43.6 Å². The van der Waals surface area contributed by atoms with Crippen molar-refractivity contribution in [1.29, 1.82) is 0 Å². The lowest BCUT2D eigenvalue weighted by Gasteiger charge is -2.10. The highest BCUT2D eigenvalue weighted by atomic mass is 32.1. The van der Waals surface area contributed by atoms with Gasteiger partial charge in [0.2, 0.25) is 0 Å². The summed E-state index contributed by atoms with van der Waals surface area (Å²) >= 11 is 1.75. The van der Waals surface area contributed by atoms with Gasteiger partial charge in [-0.25, -0.2) is 9.97 Å². The van der Waals surface area contributed by atoms with Crippen LogP contribution in [0, 0.1) is 0 Å². The van der Waals surface area contributed by atoms with E-state index in [9.17, 15) is 0 Å². The minimum Gasteiger partial charge on any atom is -0.455 e. The Bertz CT molecular complexity index is 3740. The Morgan fingerprint density at radius 3 is 1.88 bits per heavy atom. The fraction of sp³-hybridized carbons (Fsp3) is 0. The lowest BCUT2D eigenvalue weighted by atomic mass is 10.00. The Hall–Kier alpha value is -7.34. The first-order chi connectivity index (χ1) is 28.3. The molecule has 57 heavy (non-hydrogen) atoms. The largest absolute Gasteiger partial charge is 0.455 e. The van der Waals surface area contributed by atoms with E-state index in [1.165, 1.54) is 47.8 Å². The zero-order chi connectivity index (χ0) is 37.2. The Morgan fingerprint density at radius 2 is 1.11 bits per heavy atom. The van der Waals surface area contributed by atoms with Crippen molar-refractivity contribution < 1.29 is 4.42 Å². The van der Waals surface area contributed by atoms with Crippen molar-refractivity contribution in [1.82, 2.24) is 14.5 Å². The first-order valence-corrected chi connectivity index (χ1v) is 20.1. The Balaban J connectivity index is 1.10. The van der Waals surface area contributed by atoms with Gasteiger partial charge in [0, 0.05) is 31.8 Å². The molecule has 0 saturated carbocycles. The number of nitrogens with zero attached hydrogens (tertiary/aromatic N) is 3. The first kappa shape index (κ1) is 30.9. The molecular formula is C52H29N3OS. The van der Waals surface area contributed by atoms with E-state index in [2.05, 4.69) is 180 Å². The topological polar surface area (TPSA) is 43.9 Å². The third-order valence-corrected chi connectivity index (χ3v) is 12.9. The molecule has 0 radical (unpaired) electrons. The van der Waals surface area contributed by atoms with Crippen molar-refractivity contribution in [2.75, 3.05) is 0 Å². The van der Waals surface area contributed by atoms with E-state index in [0.29, 0.717) is 5.82 Å². The summed E-state index contributed by atoms with van der Waals surface area (Å²) in [5.74, 6) is 0.648. The highest BCUT2D eigenvalue weighted by Crippen LogP contribution is 2.45. The zero-order valence-corrected chi connectivity index (χ0v) is 31.2. The molecule has 0 saturated heterocycles. The standard InChI is InChI=1S/C52H29N3OS/c1-2-14-33-29-34(24-23-30(33)11-1)48-51-49(37-17-7-8-22-44(37)57-51)54-52(53-48)39-19-9-18-38-45-40(20-10-21-43(45)56-50(38)39)55-41-27-25-31-12-3-5-15-35(31)46(41)47-36-16-6-4-13-32(36)26-28-42(47)55/h1-29H. The monoisotopic (exact) mass is 743 g/mol. The number of hydrogen-bond acceptors (Lipinski definition) is 4. The van der Waals surface area contributed by atoms with Crippen LogP contribution >= 0.6 is 11.3 Å². The van der Waals surface area contributed by atoms with Crippen LogP contribution < -0.4 is 0 Å². The van der Waals surface area contributed by atoms with E-state index >= 15 is 0 Å². The summed E-state index contributed by atoms with van der Waals surface area (Å²) in [4.78, 5) is 10.8. The van der Waals surface area contributed by atoms with Crippen LogP contribution in [0.25, 0.3) is 125 Å². The summed E-state index contributed by atoms with van der Waals surface area (Å²) in [7, 11) is 0. The van der Waals surface area contributed by atoms with Gasteiger partial charge in [-0.15, -0.1) is 11.3 Å². The number of thiophene rings is 1. The fourth-order valence-corrected chi connectivity index (χ4v) is 10.4. The molecule has 0 fully saturated rings. The number of benzene rings is 9. The zero-order valence-electron chi connectivity index (χ0n) is 30.4. The highest BCUT2D eigenvalue weighted by Gasteiger charge is 2.23. The molecule has 5 heteroatoms. The van der Waals surface area contributed by atoms with Crippen molar-refractivity contribution in [3.05, 3.63) is 176 Å². The average Bonchev–Trinajstić information content (AvgIpc) is 3.96. The minimum absolute atomic E-state index is 0.648. The first-order valence-electron chi connectivity index (χ1n) is 19.2. The molecule has 0 atom stereocenters. The van der Waals surface area contributed by atoms with E-state index in [4.69, 9.17) is 14.4 Å². The molecule has 9 aromatic carbocycles. The summed E-state index contributed by atoms with van der Waals surface area (Å²) in [5, 5.41) is 13.1. The molecular weight excluding hydrogens is 715 g/mol. The van der Waals surface area contributed by atoms with E-state index < -0.39 is 0 Å². The molecule has 4 nitrogen and oxygen atoms in total. The summed E-state index contributed by atoms with van der Waals surface area (Å²) in [6.07, 6.45) is 0. The van der Waals surface area contributed by atoms with Crippen LogP contribution in [0.5, 0.6) is 0 Å². The van der Waals surface area contributed by atoms with Gasteiger partial charge in [-0.2, -0.15) is 0 Å². The average molecular weight is 744 g/mol. The molecule has 13 aromatic rings. The fourth-order valence-electron chi connectivity index (χ4n) is 9.24. The molecule has 264 valence electrons. The summed E-state index contributed by atoms with van der Waals surface area (Å²) < 4.78 is 11.6. The number of furan rings is 1. The van der Waals surface area contributed by atoms with Gasteiger partial charge in [-0.05, 0) is 74.8 Å². The van der Waals surface area contributed by atoms with Gasteiger partial charge in [-0.1, -0.05) is 133 Å². The molecule has 0 bridgehead atoms. The molecule has 4 aromatic heterocycles. The maximum atomic E-state index is 6.93. The number of para-hydroxylation sites is 1. The molecule has 0 aliphatic carbocycles. The lowest BCUT2D eigenvalue weighted by Crippen LogP contribution is -1.95. The molecule has 0 aliphatic heterocycles. The van der Waals surface area contributed by atoms with Crippen molar-refractivity contribution >= 4 is 108 Å². The van der Waals surface area contributed by atoms with E-state index in [1.807, 2.05) is 0 Å². The van der Waals surface area contributed by atoms with Crippen molar-refractivity contribution in [2.45, 2.75) is 0 Å². The lowest BCUT2D eigenvalue weighted by molar-refractivity contribution is 0.669. The number of rotatable bonds is 3. The second kappa shape index (κ2) is 11.6. The summed E-state index contributed by atoms with van der Waals surface area (Å²) in [6.45, 7) is 0. The van der Waals surface area contributed by atoms with Gasteiger partial charge in [0.15, 0.2) is 5.82 Å². The molecule has 0 N–H and O–H groups in total. The van der Waals surface area contributed by atoms with Crippen LogP contribution in [0.4, 0.5) is 0 Å². The number of fused-ring (bicyclic) bond motifs is 14. The summed E-state index contributed by atoms with van der Waals surface area (Å²) in [6, 6.07) is 62.9. The van der Waals surface area contributed by atoms with Gasteiger partial charge in [0.25, 0.3) is 0 Å². The Morgan fingerprint density at radius 1 is 0.474 bits per heavy atom. The SMILES string of the molecule is c1ccc2cc(-c3nc(-c4cccc5c4oc4cccc(-n6c7ccc8ccccc8c7c7c8ccccc8ccc76)c45)nc4c3sc3ccccc34)ccc2c1. The smallest absolute Gasteiger partial charge is 0.164 e. The molecule has 4 heterocycles. The summed E-state index contributed by atoms with van der Waals surface area (Å²) in [5.41, 5.74) is 8.83. The van der Waals surface area contributed by atoms with Gasteiger partial charge >= 0.3 is 0 Å². The van der Waals surface area contributed by atoms with Crippen molar-refractivity contribution in [2.24, 2.45) is 0 Å². The van der Waals surface area contributed by atoms with E-state index in [-0.39, 0.29) is 0 Å². The van der Waals surface area contributed by atoms with Crippen LogP contribution in [-0.4, -0.2) is 14.5 Å².